The van der Waals surface area contributed by atoms with Gasteiger partial charge in [0.25, 0.3) is 0 Å². The number of para-hydroxylation sites is 1. The van der Waals surface area contributed by atoms with E-state index >= 15 is 0 Å². The smallest absolute Gasteiger partial charge is 0.165 e. The second-order valence-corrected chi connectivity index (χ2v) is 3.55. The van der Waals surface area contributed by atoms with E-state index in [1.807, 2.05) is 6.07 Å². The van der Waals surface area contributed by atoms with Gasteiger partial charge in [0.15, 0.2) is 11.5 Å². The molecule has 2 aromatic carbocycles. The number of nitrogens with zero attached hydrogens (tertiary/aromatic N) is 1. The largest absolute Gasteiger partial charge is 0.504 e. The highest BCUT2D eigenvalue weighted by Crippen LogP contribution is 2.36. The third-order valence-corrected chi connectivity index (χ3v) is 2.52. The van der Waals surface area contributed by atoms with Crippen molar-refractivity contribution < 1.29 is 9.84 Å². The van der Waals surface area contributed by atoms with Crippen LogP contribution in [-0.2, 0) is 0 Å². The lowest BCUT2D eigenvalue weighted by atomic mass is 10.0. The minimum atomic E-state index is 0.0880. The first-order chi connectivity index (χ1) is 8.26. The number of phenolic OH excluding ortho intramolecular Hbond substituents is 1. The molecule has 1 N–H and O–H groups in total. The van der Waals surface area contributed by atoms with Gasteiger partial charge in [0.2, 0.25) is 0 Å². The highest BCUT2D eigenvalue weighted by atomic mass is 16.5. The van der Waals surface area contributed by atoms with Crippen molar-refractivity contribution in [2.75, 3.05) is 7.11 Å². The van der Waals surface area contributed by atoms with E-state index in [0.29, 0.717) is 16.9 Å². The fourth-order valence-electron chi connectivity index (χ4n) is 1.68. The molecule has 0 spiro atoms. The van der Waals surface area contributed by atoms with Crippen molar-refractivity contribution in [1.82, 2.24) is 0 Å². The zero-order valence-electron chi connectivity index (χ0n) is 9.34. The highest BCUT2D eigenvalue weighted by molar-refractivity contribution is 5.74. The van der Waals surface area contributed by atoms with E-state index in [4.69, 9.17) is 10.00 Å². The monoisotopic (exact) mass is 225 g/mol. The first kappa shape index (κ1) is 11.0. The zero-order valence-corrected chi connectivity index (χ0v) is 9.34. The maximum atomic E-state index is 10.00. The van der Waals surface area contributed by atoms with Gasteiger partial charge in [-0.05, 0) is 23.8 Å². The average Bonchev–Trinajstić information content (AvgIpc) is 2.39. The number of nitriles is 1. The fourth-order valence-corrected chi connectivity index (χ4v) is 1.68. The molecule has 0 amide bonds. The van der Waals surface area contributed by atoms with E-state index in [0.717, 1.165) is 5.56 Å². The predicted octanol–water partition coefficient (Wildman–Crippen LogP) is 2.94. The fraction of sp³-hybridized carbons (Fsp3) is 0.0714. The van der Waals surface area contributed by atoms with Crippen LogP contribution in [0.5, 0.6) is 11.5 Å². The van der Waals surface area contributed by atoms with Gasteiger partial charge in [-0.15, -0.1) is 0 Å². The molecule has 0 aliphatic heterocycles. The quantitative estimate of drug-likeness (QED) is 0.854. The summed E-state index contributed by atoms with van der Waals surface area (Å²) in [6, 6.07) is 14.4. The SMILES string of the molecule is COc1cccc(-c2cccc(C#N)c2)c1O. The Hall–Kier alpha value is -2.47. The molecule has 2 aromatic rings. The number of phenols is 1. The van der Waals surface area contributed by atoms with E-state index in [1.165, 1.54) is 7.11 Å². The Kier molecular flexibility index (Phi) is 2.97. The molecule has 0 unspecified atom stereocenters. The van der Waals surface area contributed by atoms with Crippen LogP contribution in [0.3, 0.4) is 0 Å². The van der Waals surface area contributed by atoms with E-state index in [2.05, 4.69) is 6.07 Å². The van der Waals surface area contributed by atoms with Crippen molar-refractivity contribution in [3.05, 3.63) is 48.0 Å². The predicted molar refractivity (Wildman–Crippen MR) is 64.8 cm³/mol. The van der Waals surface area contributed by atoms with Crippen LogP contribution in [-0.4, -0.2) is 12.2 Å². The summed E-state index contributed by atoms with van der Waals surface area (Å²) < 4.78 is 5.05. The third kappa shape index (κ3) is 2.06. The van der Waals surface area contributed by atoms with Crippen molar-refractivity contribution in [1.29, 1.82) is 5.26 Å². The molecule has 0 atom stereocenters. The van der Waals surface area contributed by atoms with Gasteiger partial charge in [0.1, 0.15) is 0 Å². The molecule has 3 nitrogen and oxygen atoms in total. The number of aromatic hydroxyl groups is 1. The number of methoxy groups -OCH3 is 1. The van der Waals surface area contributed by atoms with Gasteiger partial charge in [-0.1, -0.05) is 24.3 Å². The lowest BCUT2D eigenvalue weighted by molar-refractivity contribution is 0.374. The summed E-state index contributed by atoms with van der Waals surface area (Å²) in [6.07, 6.45) is 0. The first-order valence-corrected chi connectivity index (χ1v) is 5.12. The molecule has 0 saturated carbocycles. The van der Waals surface area contributed by atoms with Gasteiger partial charge in [-0.25, -0.2) is 0 Å². The summed E-state index contributed by atoms with van der Waals surface area (Å²) in [5, 5.41) is 18.8. The normalized spacial score (nSPS) is 9.65. The molecule has 0 aromatic heterocycles. The molecule has 0 aliphatic rings. The average molecular weight is 225 g/mol. The third-order valence-electron chi connectivity index (χ3n) is 2.52. The number of hydrogen-bond acceptors (Lipinski definition) is 3. The van der Waals surface area contributed by atoms with Crippen LogP contribution in [0.15, 0.2) is 42.5 Å². The number of ether oxygens (including phenoxy) is 1. The van der Waals surface area contributed by atoms with Gasteiger partial charge >= 0.3 is 0 Å². The Labute approximate surface area is 99.5 Å². The Morgan fingerprint density at radius 3 is 2.65 bits per heavy atom. The summed E-state index contributed by atoms with van der Waals surface area (Å²) in [6.45, 7) is 0. The summed E-state index contributed by atoms with van der Waals surface area (Å²) in [5.41, 5.74) is 2.01. The Balaban J connectivity index is 2.57. The summed E-state index contributed by atoms with van der Waals surface area (Å²) in [7, 11) is 1.50. The lowest BCUT2D eigenvalue weighted by Crippen LogP contribution is -1.86. The van der Waals surface area contributed by atoms with E-state index in [-0.39, 0.29) is 5.75 Å². The summed E-state index contributed by atoms with van der Waals surface area (Å²) >= 11 is 0. The highest BCUT2D eigenvalue weighted by Gasteiger charge is 2.09. The van der Waals surface area contributed by atoms with Crippen LogP contribution in [0.25, 0.3) is 11.1 Å². The molecule has 17 heavy (non-hydrogen) atoms. The van der Waals surface area contributed by atoms with Crippen LogP contribution >= 0.6 is 0 Å². The van der Waals surface area contributed by atoms with Crippen LogP contribution in [0, 0.1) is 11.3 Å². The van der Waals surface area contributed by atoms with Crippen LogP contribution in [0.2, 0.25) is 0 Å². The van der Waals surface area contributed by atoms with Crippen molar-refractivity contribution >= 4 is 0 Å². The van der Waals surface area contributed by atoms with Crippen molar-refractivity contribution in [3.63, 3.8) is 0 Å². The number of hydrogen-bond donors (Lipinski definition) is 1. The van der Waals surface area contributed by atoms with Gasteiger partial charge < -0.3 is 9.84 Å². The molecular formula is C14H11NO2. The maximum absolute atomic E-state index is 10.00. The molecule has 84 valence electrons. The second kappa shape index (κ2) is 4.58. The van der Waals surface area contributed by atoms with Crippen LogP contribution < -0.4 is 4.74 Å². The van der Waals surface area contributed by atoms with Crippen LogP contribution in [0.4, 0.5) is 0 Å². The molecule has 0 heterocycles. The molecular weight excluding hydrogens is 214 g/mol. The van der Waals surface area contributed by atoms with Gasteiger partial charge in [0, 0.05) is 5.56 Å². The maximum Gasteiger partial charge on any atom is 0.165 e. The molecule has 3 heteroatoms. The minimum Gasteiger partial charge on any atom is -0.504 e. The van der Waals surface area contributed by atoms with Crippen molar-refractivity contribution in [2.45, 2.75) is 0 Å². The van der Waals surface area contributed by atoms with Crippen molar-refractivity contribution in [3.8, 4) is 28.7 Å². The molecule has 0 radical (unpaired) electrons. The number of rotatable bonds is 2. The van der Waals surface area contributed by atoms with E-state index < -0.39 is 0 Å². The molecule has 2 rings (SSSR count). The topological polar surface area (TPSA) is 53.2 Å². The molecule has 0 fully saturated rings. The Morgan fingerprint density at radius 2 is 1.94 bits per heavy atom. The van der Waals surface area contributed by atoms with Crippen molar-refractivity contribution in [2.24, 2.45) is 0 Å². The molecule has 0 aliphatic carbocycles. The second-order valence-electron chi connectivity index (χ2n) is 3.55. The summed E-state index contributed by atoms with van der Waals surface area (Å²) in [4.78, 5) is 0. The first-order valence-electron chi connectivity index (χ1n) is 5.12. The minimum absolute atomic E-state index is 0.0880. The summed E-state index contributed by atoms with van der Waals surface area (Å²) in [5.74, 6) is 0.509. The molecule has 0 bridgehead atoms. The van der Waals surface area contributed by atoms with Crippen LogP contribution in [0.1, 0.15) is 5.56 Å². The van der Waals surface area contributed by atoms with Gasteiger partial charge in [-0.2, -0.15) is 5.26 Å². The van der Waals surface area contributed by atoms with E-state index in [1.54, 1.807) is 36.4 Å². The standard InChI is InChI=1S/C14H11NO2/c1-17-13-7-3-6-12(14(13)16)11-5-2-4-10(8-11)9-15/h2-8,16H,1H3. The van der Waals surface area contributed by atoms with Gasteiger partial charge in [-0.3, -0.25) is 0 Å². The Morgan fingerprint density at radius 1 is 1.18 bits per heavy atom. The number of benzene rings is 2. The van der Waals surface area contributed by atoms with Gasteiger partial charge in [0.05, 0.1) is 18.7 Å². The Bertz CT molecular complexity index is 585. The lowest BCUT2D eigenvalue weighted by Gasteiger charge is -2.08. The molecule has 0 saturated heterocycles. The van der Waals surface area contributed by atoms with E-state index in [9.17, 15) is 5.11 Å². The zero-order chi connectivity index (χ0) is 12.3.